The first-order valence-electron chi connectivity index (χ1n) is 13.4. The number of H-pyrrole nitrogens is 2. The van der Waals surface area contributed by atoms with Gasteiger partial charge in [0.15, 0.2) is 17.1 Å². The van der Waals surface area contributed by atoms with Gasteiger partial charge in [0.25, 0.3) is 0 Å². The van der Waals surface area contributed by atoms with E-state index in [4.69, 9.17) is 0 Å². The Balaban J connectivity index is 1.36. The first kappa shape index (κ1) is 26.2. The fourth-order valence-corrected chi connectivity index (χ4v) is 5.29. The quantitative estimate of drug-likeness (QED) is 0.223. The van der Waals surface area contributed by atoms with E-state index in [-0.39, 0.29) is 28.4 Å². The highest BCUT2D eigenvalue weighted by Crippen LogP contribution is 2.34. The number of nitrogens with zero attached hydrogens (tertiary/aromatic N) is 7. The van der Waals surface area contributed by atoms with Gasteiger partial charge in [0, 0.05) is 48.9 Å². The highest BCUT2D eigenvalue weighted by Gasteiger charge is 2.23. The Kier molecular flexibility index (Phi) is 6.96. The number of rotatable bonds is 7. The highest BCUT2D eigenvalue weighted by atomic mass is 19.1. The zero-order chi connectivity index (χ0) is 28.5. The molecule has 0 radical (unpaired) electrons. The standard InChI is InChI=1S/C29H29FN10O/c1-16(31-2)15-40(3)21-9-10-33-27-24(21)36-28(37-27)25-22-23(30)20(14-34-26(22)39-38-25)18-11-19(13-32-12-18)35-29(41)17-7-5-4-6-8-17/h9-15,17H,2,4-8H2,1,3H3,(H,35,41)(H,33,36,37)(H,34,38,39)/b16-15-. The van der Waals surface area contributed by atoms with Crippen molar-refractivity contribution in [1.82, 2.24) is 35.1 Å². The second-order valence-corrected chi connectivity index (χ2v) is 10.2. The summed E-state index contributed by atoms with van der Waals surface area (Å²) in [5.41, 5.74) is 4.44. The number of carbonyl (C=O) groups is 1. The van der Waals surface area contributed by atoms with E-state index in [0.29, 0.717) is 33.9 Å². The Morgan fingerprint density at radius 3 is 2.83 bits per heavy atom. The third-order valence-electron chi connectivity index (χ3n) is 7.43. The van der Waals surface area contributed by atoms with Gasteiger partial charge in [-0.3, -0.25) is 19.9 Å². The first-order valence-corrected chi connectivity index (χ1v) is 13.4. The van der Waals surface area contributed by atoms with Crippen LogP contribution in [0.15, 0.2) is 53.8 Å². The van der Waals surface area contributed by atoms with Gasteiger partial charge >= 0.3 is 0 Å². The maximum Gasteiger partial charge on any atom is 0.227 e. The predicted octanol–water partition coefficient (Wildman–Crippen LogP) is 5.61. The van der Waals surface area contributed by atoms with Crippen LogP contribution in [0.1, 0.15) is 39.0 Å². The van der Waals surface area contributed by atoms with Gasteiger partial charge in [-0.2, -0.15) is 5.10 Å². The Bertz CT molecular complexity index is 1800. The Morgan fingerprint density at radius 2 is 2.02 bits per heavy atom. The van der Waals surface area contributed by atoms with Gasteiger partial charge in [0.1, 0.15) is 17.0 Å². The summed E-state index contributed by atoms with van der Waals surface area (Å²) in [4.78, 5) is 39.5. The molecule has 0 aromatic carbocycles. The smallest absolute Gasteiger partial charge is 0.227 e. The van der Waals surface area contributed by atoms with Crippen molar-refractivity contribution in [2.75, 3.05) is 17.3 Å². The average Bonchev–Trinajstić information content (AvgIpc) is 3.62. The van der Waals surface area contributed by atoms with E-state index in [1.54, 1.807) is 24.7 Å². The number of nitrogens with one attached hydrogen (secondary N) is 3. The number of carbonyl (C=O) groups excluding carboxylic acids is 1. The molecule has 5 heterocycles. The lowest BCUT2D eigenvalue weighted by atomic mass is 9.88. The van der Waals surface area contributed by atoms with Crippen LogP contribution in [0.2, 0.25) is 0 Å². The number of pyridine rings is 3. The number of hydrogen-bond donors (Lipinski definition) is 3. The van der Waals surface area contributed by atoms with Gasteiger partial charge in [-0.25, -0.2) is 19.3 Å². The van der Waals surface area contributed by atoms with Crippen molar-refractivity contribution < 1.29 is 9.18 Å². The number of aromatic amines is 2. The predicted molar refractivity (Wildman–Crippen MR) is 157 cm³/mol. The molecule has 0 atom stereocenters. The lowest BCUT2D eigenvalue weighted by Crippen LogP contribution is -2.24. The van der Waals surface area contributed by atoms with E-state index in [1.165, 1.54) is 12.6 Å². The average molecular weight is 553 g/mol. The molecule has 12 heteroatoms. The minimum atomic E-state index is -0.530. The summed E-state index contributed by atoms with van der Waals surface area (Å²) in [5, 5.41) is 10.2. The van der Waals surface area contributed by atoms with Crippen molar-refractivity contribution in [2.24, 2.45) is 10.9 Å². The van der Waals surface area contributed by atoms with Crippen molar-refractivity contribution in [2.45, 2.75) is 39.0 Å². The molecule has 0 saturated heterocycles. The number of aliphatic imine (C=N–C) groups is 1. The summed E-state index contributed by atoms with van der Waals surface area (Å²) < 4.78 is 16.2. The maximum absolute atomic E-state index is 16.2. The minimum absolute atomic E-state index is 0.00653. The van der Waals surface area contributed by atoms with Crippen LogP contribution in [-0.4, -0.2) is 54.8 Å². The molecule has 41 heavy (non-hydrogen) atoms. The number of aromatic nitrogens is 7. The number of imidazole rings is 1. The molecule has 0 spiro atoms. The summed E-state index contributed by atoms with van der Waals surface area (Å²) in [6, 6.07) is 3.55. The zero-order valence-electron chi connectivity index (χ0n) is 22.8. The second kappa shape index (κ2) is 10.9. The van der Waals surface area contributed by atoms with Crippen LogP contribution < -0.4 is 10.2 Å². The van der Waals surface area contributed by atoms with Crippen molar-refractivity contribution in [3.05, 3.63) is 54.6 Å². The van der Waals surface area contributed by atoms with Crippen LogP contribution in [-0.2, 0) is 4.79 Å². The van der Waals surface area contributed by atoms with Crippen LogP contribution in [0.25, 0.3) is 44.8 Å². The minimum Gasteiger partial charge on any atom is -0.347 e. The molecule has 6 rings (SSSR count). The summed E-state index contributed by atoms with van der Waals surface area (Å²) >= 11 is 0. The molecule has 1 fully saturated rings. The van der Waals surface area contributed by atoms with Crippen molar-refractivity contribution in [3.63, 3.8) is 0 Å². The third-order valence-corrected chi connectivity index (χ3v) is 7.43. The van der Waals surface area contributed by atoms with Gasteiger partial charge in [-0.05, 0) is 38.6 Å². The molecule has 3 N–H and O–H groups in total. The molecule has 5 aromatic heterocycles. The summed E-state index contributed by atoms with van der Waals surface area (Å²) in [6.07, 6.45) is 13.1. The molecule has 1 aliphatic carbocycles. The molecule has 0 bridgehead atoms. The largest absolute Gasteiger partial charge is 0.347 e. The summed E-state index contributed by atoms with van der Waals surface area (Å²) in [6.45, 7) is 5.41. The Morgan fingerprint density at radius 1 is 1.20 bits per heavy atom. The molecule has 11 nitrogen and oxygen atoms in total. The highest BCUT2D eigenvalue weighted by molar-refractivity contribution is 5.96. The molecule has 1 aliphatic rings. The molecule has 208 valence electrons. The van der Waals surface area contributed by atoms with Crippen LogP contribution in [0.3, 0.4) is 0 Å². The lowest BCUT2D eigenvalue weighted by molar-refractivity contribution is -0.120. The van der Waals surface area contributed by atoms with E-state index >= 15 is 4.39 Å². The SMILES string of the molecule is C=N/C(C)=C\N(C)c1ccnc2nc(-c3[nH]nc4ncc(-c5cncc(NC(=O)C6CCCCC6)c5)c(F)c34)[nH]c12. The fourth-order valence-electron chi connectivity index (χ4n) is 5.29. The molecular formula is C29H29FN10O. The molecule has 1 saturated carbocycles. The normalized spacial score (nSPS) is 14.5. The van der Waals surface area contributed by atoms with Gasteiger partial charge in [-0.15, -0.1) is 0 Å². The molecule has 0 unspecified atom stereocenters. The van der Waals surface area contributed by atoms with E-state index in [1.807, 2.05) is 31.1 Å². The van der Waals surface area contributed by atoms with Crippen molar-refractivity contribution in [3.8, 4) is 22.6 Å². The number of amides is 1. The zero-order valence-corrected chi connectivity index (χ0v) is 22.8. The maximum atomic E-state index is 16.2. The van der Waals surface area contributed by atoms with Crippen LogP contribution in [0.5, 0.6) is 0 Å². The molecule has 0 aliphatic heterocycles. The van der Waals surface area contributed by atoms with E-state index in [9.17, 15) is 4.79 Å². The first-order chi connectivity index (χ1) is 19.9. The number of allylic oxidation sites excluding steroid dienone is 1. The summed E-state index contributed by atoms with van der Waals surface area (Å²) in [7, 11) is 1.88. The third kappa shape index (κ3) is 5.04. The van der Waals surface area contributed by atoms with E-state index in [2.05, 4.69) is 52.1 Å². The topological polar surface area (TPSA) is 141 Å². The Hall–Kier alpha value is -5.00. The van der Waals surface area contributed by atoms with Crippen molar-refractivity contribution >= 4 is 46.2 Å². The molecular weight excluding hydrogens is 523 g/mol. The second-order valence-electron chi connectivity index (χ2n) is 10.2. The Labute approximate surface area is 235 Å². The summed E-state index contributed by atoms with van der Waals surface area (Å²) in [5.74, 6) is -0.196. The number of halogens is 1. The fraction of sp³-hybridized carbons (Fsp3) is 0.276. The van der Waals surface area contributed by atoms with Crippen molar-refractivity contribution in [1.29, 1.82) is 0 Å². The van der Waals surface area contributed by atoms with Crippen LogP contribution >= 0.6 is 0 Å². The number of hydrogen-bond acceptors (Lipinski definition) is 8. The van der Waals surface area contributed by atoms with E-state index < -0.39 is 5.82 Å². The van der Waals surface area contributed by atoms with Gasteiger partial charge in [0.05, 0.1) is 28.7 Å². The van der Waals surface area contributed by atoms with Crippen LogP contribution in [0.4, 0.5) is 15.8 Å². The van der Waals surface area contributed by atoms with Gasteiger partial charge in [-0.1, -0.05) is 19.3 Å². The van der Waals surface area contributed by atoms with Crippen LogP contribution in [0, 0.1) is 11.7 Å². The molecule has 1 amide bonds. The molecule has 5 aromatic rings. The van der Waals surface area contributed by atoms with E-state index in [0.717, 1.165) is 37.1 Å². The monoisotopic (exact) mass is 552 g/mol. The van der Waals surface area contributed by atoms with Gasteiger partial charge < -0.3 is 15.2 Å². The number of anilines is 2. The lowest BCUT2D eigenvalue weighted by Gasteiger charge is -2.20. The van der Waals surface area contributed by atoms with Gasteiger partial charge in [0.2, 0.25) is 5.91 Å². The number of fused-ring (bicyclic) bond motifs is 2.